The van der Waals surface area contributed by atoms with Gasteiger partial charge < -0.3 is 19.6 Å². The molecule has 0 radical (unpaired) electrons. The maximum atomic E-state index is 11.3. The first-order valence-electron chi connectivity index (χ1n) is 7.89. The molecule has 1 aliphatic rings. The summed E-state index contributed by atoms with van der Waals surface area (Å²) in [4.78, 5) is 4.49. The molecule has 24 heavy (non-hydrogen) atoms. The largest absolute Gasteiger partial charge is 0.381 e. The van der Waals surface area contributed by atoms with Crippen LogP contribution in [-0.4, -0.2) is 48.3 Å². The molecular formula is C15H22N4O4S. The van der Waals surface area contributed by atoms with Crippen molar-refractivity contribution in [2.75, 3.05) is 25.2 Å². The van der Waals surface area contributed by atoms with Gasteiger partial charge in [0, 0.05) is 44.7 Å². The zero-order chi connectivity index (χ0) is 17.2. The summed E-state index contributed by atoms with van der Waals surface area (Å²) in [7, 11) is -3.08. The van der Waals surface area contributed by atoms with Gasteiger partial charge in [-0.3, -0.25) is 0 Å². The Morgan fingerprint density at radius 3 is 2.62 bits per heavy atom. The first kappa shape index (κ1) is 17.1. The van der Waals surface area contributed by atoms with Crippen LogP contribution in [0.1, 0.15) is 37.0 Å². The van der Waals surface area contributed by atoms with E-state index in [0.29, 0.717) is 19.0 Å². The van der Waals surface area contributed by atoms with Crippen molar-refractivity contribution < 1.29 is 17.7 Å². The second kappa shape index (κ2) is 6.66. The zero-order valence-corrected chi connectivity index (χ0v) is 14.4. The van der Waals surface area contributed by atoms with Gasteiger partial charge in [-0.05, 0) is 18.6 Å². The summed E-state index contributed by atoms with van der Waals surface area (Å²) < 4.78 is 35.5. The van der Waals surface area contributed by atoms with Crippen molar-refractivity contribution >= 4 is 9.84 Å². The molecule has 9 heteroatoms. The van der Waals surface area contributed by atoms with E-state index in [9.17, 15) is 8.42 Å². The molecule has 1 atom stereocenters. The number of nitrogens with zero attached hydrogens (tertiary/aromatic N) is 3. The van der Waals surface area contributed by atoms with Gasteiger partial charge in [-0.25, -0.2) is 8.42 Å². The number of aromatic nitrogens is 3. The van der Waals surface area contributed by atoms with E-state index >= 15 is 0 Å². The second-order valence-electron chi connectivity index (χ2n) is 6.22. The van der Waals surface area contributed by atoms with Crippen LogP contribution in [0, 0.1) is 0 Å². The van der Waals surface area contributed by atoms with Gasteiger partial charge in [0.25, 0.3) is 0 Å². The molecule has 3 rings (SSSR count). The number of ether oxygens (including phenoxy) is 1. The summed E-state index contributed by atoms with van der Waals surface area (Å²) in [5.41, 5.74) is 5.60. The maximum Gasteiger partial charge on any atom is 0.243 e. The molecule has 0 bridgehead atoms. The van der Waals surface area contributed by atoms with E-state index in [1.54, 1.807) is 0 Å². The molecule has 132 valence electrons. The van der Waals surface area contributed by atoms with Crippen molar-refractivity contribution in [2.45, 2.75) is 30.8 Å². The minimum absolute atomic E-state index is 0.0114. The van der Waals surface area contributed by atoms with Crippen LogP contribution in [0.5, 0.6) is 0 Å². The molecule has 1 aliphatic heterocycles. The van der Waals surface area contributed by atoms with Gasteiger partial charge in [0.15, 0.2) is 5.82 Å². The van der Waals surface area contributed by atoms with E-state index in [4.69, 9.17) is 15.0 Å². The van der Waals surface area contributed by atoms with Crippen LogP contribution in [0.4, 0.5) is 0 Å². The van der Waals surface area contributed by atoms with Crippen LogP contribution >= 0.6 is 0 Å². The van der Waals surface area contributed by atoms with Crippen molar-refractivity contribution in [1.29, 1.82) is 0 Å². The molecule has 2 aromatic rings. The lowest BCUT2D eigenvalue weighted by Crippen LogP contribution is -2.41. The minimum atomic E-state index is -3.08. The van der Waals surface area contributed by atoms with Crippen molar-refractivity contribution in [3.8, 4) is 0 Å². The number of rotatable bonds is 6. The van der Waals surface area contributed by atoms with Gasteiger partial charge in [-0.15, -0.1) is 0 Å². The molecule has 0 aromatic carbocycles. The number of hydrogen-bond acceptors (Lipinski definition) is 7. The molecule has 1 fully saturated rings. The summed E-state index contributed by atoms with van der Waals surface area (Å²) in [5.74, 6) is 0.820. The van der Waals surface area contributed by atoms with Crippen molar-refractivity contribution in [3.63, 3.8) is 0 Å². The zero-order valence-electron chi connectivity index (χ0n) is 13.6. The van der Waals surface area contributed by atoms with Gasteiger partial charge in [-0.1, -0.05) is 5.16 Å². The molecular weight excluding hydrogens is 332 g/mol. The third-order valence-corrected chi connectivity index (χ3v) is 5.37. The highest BCUT2D eigenvalue weighted by molar-refractivity contribution is 7.90. The van der Waals surface area contributed by atoms with Crippen LogP contribution < -0.4 is 5.73 Å². The number of nitrogens with two attached hydrogens (primary N) is 1. The number of sulfone groups is 1. The average molecular weight is 354 g/mol. The van der Waals surface area contributed by atoms with Gasteiger partial charge >= 0.3 is 0 Å². The Kier molecular flexibility index (Phi) is 4.75. The highest BCUT2D eigenvalue weighted by Gasteiger charge is 2.40. The second-order valence-corrected chi connectivity index (χ2v) is 8.48. The molecule has 0 amide bonds. The monoisotopic (exact) mass is 354 g/mol. The average Bonchev–Trinajstić information content (AvgIpc) is 3.24. The topological polar surface area (TPSA) is 113 Å². The molecule has 1 saturated heterocycles. The molecule has 3 heterocycles. The summed E-state index contributed by atoms with van der Waals surface area (Å²) in [6, 6.07) is 3.31. The van der Waals surface area contributed by atoms with E-state index in [0.717, 1.165) is 12.8 Å². The van der Waals surface area contributed by atoms with Crippen molar-refractivity contribution in [2.24, 2.45) is 5.73 Å². The predicted molar refractivity (Wildman–Crippen MR) is 87.1 cm³/mol. The summed E-state index contributed by atoms with van der Waals surface area (Å²) in [6.45, 7) is 1.23. The molecule has 0 aliphatic carbocycles. The van der Waals surface area contributed by atoms with Crippen LogP contribution in [0.25, 0.3) is 0 Å². The van der Waals surface area contributed by atoms with E-state index in [-0.39, 0.29) is 18.1 Å². The summed E-state index contributed by atoms with van der Waals surface area (Å²) >= 11 is 0. The third kappa shape index (κ3) is 3.52. The van der Waals surface area contributed by atoms with Crippen LogP contribution in [0.3, 0.4) is 0 Å². The van der Waals surface area contributed by atoms with Crippen LogP contribution in [-0.2, 0) is 20.1 Å². The summed E-state index contributed by atoms with van der Waals surface area (Å²) in [5, 5.41) is 4.14. The quantitative estimate of drug-likeness (QED) is 0.818. The fraction of sp³-hybridized carbons (Fsp3) is 0.600. The van der Waals surface area contributed by atoms with E-state index < -0.39 is 21.4 Å². The fourth-order valence-electron chi connectivity index (χ4n) is 2.97. The highest BCUT2D eigenvalue weighted by atomic mass is 32.2. The van der Waals surface area contributed by atoms with Crippen LogP contribution in [0.15, 0.2) is 29.0 Å². The van der Waals surface area contributed by atoms with Crippen molar-refractivity contribution in [3.05, 3.63) is 36.2 Å². The normalized spacial score (nSPS) is 19.2. The first-order valence-corrected chi connectivity index (χ1v) is 9.95. The molecule has 2 aromatic heterocycles. The maximum absolute atomic E-state index is 11.3. The van der Waals surface area contributed by atoms with E-state index in [1.807, 2.05) is 24.5 Å². The third-order valence-electron chi connectivity index (χ3n) is 4.39. The molecule has 8 nitrogen and oxygen atoms in total. The van der Waals surface area contributed by atoms with Gasteiger partial charge in [-0.2, -0.15) is 4.98 Å². The Morgan fingerprint density at radius 2 is 2.00 bits per heavy atom. The SMILES string of the molecule is CS(=O)(=O)CC[C@H](N)c1nc(C2(n3cccc3)CCOCC2)no1. The van der Waals surface area contributed by atoms with Gasteiger partial charge in [0.1, 0.15) is 15.4 Å². The standard InChI is InChI=1S/C15H22N4O4S/c1-24(20,21)11-4-12(16)13-17-14(18-23-13)15(5-9-22-10-6-15)19-7-2-3-8-19/h2-3,7-8,12H,4-6,9-11,16H2,1H3/t12-/m0/s1. The smallest absolute Gasteiger partial charge is 0.243 e. The molecule has 0 spiro atoms. The Morgan fingerprint density at radius 1 is 1.33 bits per heavy atom. The summed E-state index contributed by atoms with van der Waals surface area (Å²) in [6.07, 6.45) is 6.86. The molecule has 0 saturated carbocycles. The Hall–Kier alpha value is -1.71. The first-order chi connectivity index (χ1) is 11.4. The lowest BCUT2D eigenvalue weighted by atomic mass is 9.89. The van der Waals surface area contributed by atoms with Crippen LogP contribution in [0.2, 0.25) is 0 Å². The highest BCUT2D eigenvalue weighted by Crippen LogP contribution is 2.35. The molecule has 0 unspecified atom stereocenters. The number of hydrogen-bond donors (Lipinski definition) is 1. The van der Waals surface area contributed by atoms with E-state index in [1.165, 1.54) is 6.26 Å². The lowest BCUT2D eigenvalue weighted by Gasteiger charge is -2.35. The van der Waals surface area contributed by atoms with Gasteiger partial charge in [0.05, 0.1) is 11.8 Å². The fourth-order valence-corrected chi connectivity index (χ4v) is 3.65. The van der Waals surface area contributed by atoms with Crippen molar-refractivity contribution in [1.82, 2.24) is 14.7 Å². The molecule has 2 N–H and O–H groups in total. The lowest BCUT2D eigenvalue weighted by molar-refractivity contribution is 0.0344. The van der Waals surface area contributed by atoms with E-state index in [2.05, 4.69) is 14.7 Å². The Balaban J connectivity index is 1.84. The minimum Gasteiger partial charge on any atom is -0.381 e. The Bertz CT molecular complexity index is 763. The predicted octanol–water partition coefficient (Wildman–Crippen LogP) is 0.860. The van der Waals surface area contributed by atoms with Gasteiger partial charge in [0.2, 0.25) is 5.89 Å². The Labute approximate surface area is 140 Å².